The summed E-state index contributed by atoms with van der Waals surface area (Å²) in [4.78, 5) is 16.5. The van der Waals surface area contributed by atoms with Gasteiger partial charge in [-0.2, -0.15) is 0 Å². The van der Waals surface area contributed by atoms with Crippen molar-refractivity contribution >= 4 is 33.8 Å². The number of morpholine rings is 1. The SMILES string of the molecule is COc1cc(-c2cccc(CCCNS(=O)[O-])c2F)cc2c(N3CCOCC3)nc(-c3ccc(NCCN)nc3)nc12. The Labute approximate surface area is 246 Å². The number of aryl methyl sites for hydroxylation is 1. The highest BCUT2D eigenvalue weighted by molar-refractivity contribution is 7.77. The average Bonchev–Trinajstić information content (AvgIpc) is 3.02. The van der Waals surface area contributed by atoms with Crippen LogP contribution in [0.1, 0.15) is 12.0 Å². The van der Waals surface area contributed by atoms with Gasteiger partial charge >= 0.3 is 0 Å². The largest absolute Gasteiger partial charge is 0.760 e. The zero-order chi connectivity index (χ0) is 29.5. The molecule has 1 aliphatic rings. The van der Waals surface area contributed by atoms with Gasteiger partial charge in [-0.05, 0) is 48.2 Å². The minimum absolute atomic E-state index is 0.231. The molecule has 222 valence electrons. The first-order valence-corrected chi connectivity index (χ1v) is 14.8. The van der Waals surface area contributed by atoms with Crippen LogP contribution in [-0.4, -0.2) is 76.8 Å². The van der Waals surface area contributed by atoms with Gasteiger partial charge in [0.1, 0.15) is 28.7 Å². The molecule has 1 fully saturated rings. The van der Waals surface area contributed by atoms with Crippen molar-refractivity contribution < 1.29 is 22.6 Å². The molecule has 4 aromatic rings. The summed E-state index contributed by atoms with van der Waals surface area (Å²) in [6, 6.07) is 12.7. The molecule has 13 heteroatoms. The summed E-state index contributed by atoms with van der Waals surface area (Å²) in [6.07, 6.45) is 2.57. The Morgan fingerprint density at radius 2 is 1.98 bits per heavy atom. The summed E-state index contributed by atoms with van der Waals surface area (Å²) < 4.78 is 51.0. The van der Waals surface area contributed by atoms with Crippen LogP contribution in [0, 0.1) is 5.82 Å². The number of benzene rings is 2. The second-order valence-electron chi connectivity index (χ2n) is 9.70. The van der Waals surface area contributed by atoms with Crippen LogP contribution >= 0.6 is 0 Å². The van der Waals surface area contributed by atoms with Gasteiger partial charge in [0.2, 0.25) is 0 Å². The van der Waals surface area contributed by atoms with Gasteiger partial charge < -0.3 is 30.0 Å². The number of fused-ring (bicyclic) bond motifs is 1. The van der Waals surface area contributed by atoms with E-state index in [-0.39, 0.29) is 12.4 Å². The summed E-state index contributed by atoms with van der Waals surface area (Å²) >= 11 is -2.34. The standard InChI is InChI=1S/C29H34FN7O4S/c1-40-24-17-21(22-6-2-4-19(26(22)30)5-3-10-34-42(38)39)16-23-27(24)35-28(36-29(23)37-12-14-41-15-13-37)20-7-8-25(33-18-20)32-11-9-31/h2,4,6-8,16-18,34H,3,5,9-15,31H2,1H3,(H,32,33)(H,38,39)/p-1. The molecule has 0 aliphatic carbocycles. The number of anilines is 2. The highest BCUT2D eigenvalue weighted by Crippen LogP contribution is 2.38. The van der Waals surface area contributed by atoms with Gasteiger partial charge in [0, 0.05) is 66.7 Å². The van der Waals surface area contributed by atoms with Gasteiger partial charge in [-0.15, -0.1) is 0 Å². The topological polar surface area (TPSA) is 151 Å². The fourth-order valence-corrected chi connectivity index (χ4v) is 5.21. The van der Waals surface area contributed by atoms with Gasteiger partial charge in [0.15, 0.2) is 5.82 Å². The predicted octanol–water partition coefficient (Wildman–Crippen LogP) is 3.03. The number of pyridine rings is 1. The van der Waals surface area contributed by atoms with E-state index >= 15 is 4.39 Å². The van der Waals surface area contributed by atoms with Crippen molar-refractivity contribution in [2.75, 3.05) is 63.3 Å². The number of aromatic nitrogens is 3. The molecule has 5 rings (SSSR count). The van der Waals surface area contributed by atoms with Crippen molar-refractivity contribution in [3.05, 3.63) is 60.0 Å². The summed E-state index contributed by atoms with van der Waals surface area (Å²) in [7, 11) is 1.56. The number of methoxy groups -OCH3 is 1. The molecule has 42 heavy (non-hydrogen) atoms. The lowest BCUT2D eigenvalue weighted by Crippen LogP contribution is -2.37. The molecule has 3 heterocycles. The van der Waals surface area contributed by atoms with Gasteiger partial charge in [-0.3, -0.25) is 4.21 Å². The molecular formula is C29H33FN7O4S-. The average molecular weight is 595 g/mol. The molecule has 0 amide bonds. The number of nitrogens with two attached hydrogens (primary N) is 1. The maximum absolute atomic E-state index is 15.8. The third-order valence-electron chi connectivity index (χ3n) is 6.98. The summed E-state index contributed by atoms with van der Waals surface area (Å²) in [5, 5.41) is 3.89. The van der Waals surface area contributed by atoms with Crippen LogP contribution < -0.4 is 25.4 Å². The third-order valence-corrected chi connectivity index (χ3v) is 7.42. The van der Waals surface area contributed by atoms with Gasteiger partial charge in [0.25, 0.3) is 0 Å². The first-order chi connectivity index (χ1) is 20.5. The van der Waals surface area contributed by atoms with Crippen molar-refractivity contribution in [3.63, 3.8) is 0 Å². The highest BCUT2D eigenvalue weighted by atomic mass is 32.2. The number of ether oxygens (including phenoxy) is 2. The van der Waals surface area contributed by atoms with Crippen LogP contribution in [0.4, 0.5) is 16.0 Å². The lowest BCUT2D eigenvalue weighted by molar-refractivity contribution is 0.122. The summed E-state index contributed by atoms with van der Waals surface area (Å²) in [5.74, 6) is 2.04. The number of hydrogen-bond acceptors (Lipinski definition) is 10. The molecule has 1 aliphatic heterocycles. The number of hydrogen-bond donors (Lipinski definition) is 3. The molecule has 0 radical (unpaired) electrons. The minimum Gasteiger partial charge on any atom is -0.760 e. The van der Waals surface area contributed by atoms with E-state index in [1.54, 1.807) is 37.6 Å². The molecule has 0 saturated carbocycles. The lowest BCUT2D eigenvalue weighted by atomic mass is 9.98. The van der Waals surface area contributed by atoms with E-state index < -0.39 is 11.3 Å². The smallest absolute Gasteiger partial charge is 0.163 e. The van der Waals surface area contributed by atoms with Gasteiger partial charge in [0.05, 0.1) is 20.3 Å². The molecule has 0 bridgehead atoms. The van der Waals surface area contributed by atoms with Crippen LogP contribution in [0.5, 0.6) is 5.75 Å². The van der Waals surface area contributed by atoms with Crippen LogP contribution in [0.25, 0.3) is 33.4 Å². The molecule has 0 spiro atoms. The number of nitrogens with one attached hydrogen (secondary N) is 2. The Morgan fingerprint density at radius 3 is 2.69 bits per heavy atom. The van der Waals surface area contributed by atoms with E-state index in [1.807, 2.05) is 18.2 Å². The number of halogens is 1. The van der Waals surface area contributed by atoms with E-state index in [1.165, 1.54) is 0 Å². The second kappa shape index (κ2) is 13.9. The number of nitrogens with zero attached hydrogens (tertiary/aromatic N) is 4. The maximum atomic E-state index is 15.8. The van der Waals surface area contributed by atoms with E-state index in [4.69, 9.17) is 25.2 Å². The second-order valence-corrected chi connectivity index (χ2v) is 10.5. The van der Waals surface area contributed by atoms with Crippen LogP contribution in [-0.2, 0) is 22.4 Å². The van der Waals surface area contributed by atoms with Crippen molar-refractivity contribution in [1.29, 1.82) is 0 Å². The molecule has 2 aromatic heterocycles. The summed E-state index contributed by atoms with van der Waals surface area (Å²) in [5.41, 5.74) is 8.47. The number of rotatable bonds is 12. The minimum atomic E-state index is -2.34. The van der Waals surface area contributed by atoms with Gasteiger partial charge in [-0.25, -0.2) is 24.1 Å². The van der Waals surface area contributed by atoms with Crippen molar-refractivity contribution in [1.82, 2.24) is 19.7 Å². The van der Waals surface area contributed by atoms with Crippen LogP contribution in [0.3, 0.4) is 0 Å². The Kier molecular flexibility index (Phi) is 9.87. The van der Waals surface area contributed by atoms with Crippen molar-refractivity contribution in [2.45, 2.75) is 12.8 Å². The zero-order valence-electron chi connectivity index (χ0n) is 23.3. The zero-order valence-corrected chi connectivity index (χ0v) is 24.1. The molecule has 2 aromatic carbocycles. The monoisotopic (exact) mass is 594 g/mol. The fourth-order valence-electron chi connectivity index (χ4n) is 4.90. The molecule has 1 saturated heterocycles. The first-order valence-electron chi connectivity index (χ1n) is 13.7. The molecular weight excluding hydrogens is 561 g/mol. The van der Waals surface area contributed by atoms with Crippen LogP contribution in [0.2, 0.25) is 0 Å². The Hall–Kier alpha value is -3.75. The molecule has 1 atom stereocenters. The molecule has 11 nitrogen and oxygen atoms in total. The Balaban J connectivity index is 1.58. The van der Waals surface area contributed by atoms with Crippen LogP contribution in [0.15, 0.2) is 48.7 Å². The fraction of sp³-hybridized carbons (Fsp3) is 0.345. The van der Waals surface area contributed by atoms with E-state index in [9.17, 15) is 8.76 Å². The maximum Gasteiger partial charge on any atom is 0.163 e. The summed E-state index contributed by atoms with van der Waals surface area (Å²) in [6.45, 7) is 3.75. The predicted molar refractivity (Wildman–Crippen MR) is 161 cm³/mol. The molecule has 4 N–H and O–H groups in total. The van der Waals surface area contributed by atoms with Crippen molar-refractivity contribution in [3.8, 4) is 28.3 Å². The highest BCUT2D eigenvalue weighted by Gasteiger charge is 2.22. The first kappa shape index (κ1) is 29.7. The van der Waals surface area contributed by atoms with E-state index in [0.29, 0.717) is 97.7 Å². The Bertz CT molecular complexity index is 1550. The Morgan fingerprint density at radius 1 is 1.14 bits per heavy atom. The van der Waals surface area contributed by atoms with Gasteiger partial charge in [-0.1, -0.05) is 18.2 Å². The lowest BCUT2D eigenvalue weighted by Gasteiger charge is -2.29. The van der Waals surface area contributed by atoms with E-state index in [2.05, 4.69) is 19.9 Å². The molecule has 1 unspecified atom stereocenters. The van der Waals surface area contributed by atoms with E-state index in [0.717, 1.165) is 10.9 Å². The quantitative estimate of drug-likeness (QED) is 0.165. The normalized spacial score (nSPS) is 14.2. The third kappa shape index (κ3) is 6.82. The van der Waals surface area contributed by atoms with Crippen molar-refractivity contribution in [2.24, 2.45) is 5.73 Å².